The SMILES string of the molecule is COc1ccc(OC)c(S(=O)(=O)N2CCN(c3nc(Cc4cccc(Br)c4)cs3)CC2)c1.COc1cccc(Cc2csc(N3CCN(S(=O)(=O)c4cc(OC)ccc4OC)CC3)n2)c1. The topological polar surface area (TPSA) is 153 Å². The highest BCUT2D eigenvalue weighted by atomic mass is 79.9. The van der Waals surface area contributed by atoms with Crippen molar-refractivity contribution < 1.29 is 40.5 Å². The number of halogens is 1. The van der Waals surface area contributed by atoms with Gasteiger partial charge in [-0.1, -0.05) is 40.2 Å². The van der Waals surface area contributed by atoms with Crippen molar-refractivity contribution in [2.45, 2.75) is 22.6 Å². The summed E-state index contributed by atoms with van der Waals surface area (Å²) in [6.07, 6.45) is 1.48. The number of thiazole rings is 2. The predicted octanol–water partition coefficient (Wildman–Crippen LogP) is 7.30. The number of anilines is 2. The highest BCUT2D eigenvalue weighted by Crippen LogP contribution is 2.34. The monoisotopic (exact) mass is 1030 g/mol. The van der Waals surface area contributed by atoms with Crippen LogP contribution in [0, 0.1) is 0 Å². The Kier molecular flexibility index (Phi) is 15.9. The van der Waals surface area contributed by atoms with Gasteiger partial charge in [0.1, 0.15) is 38.5 Å². The fourth-order valence-electron chi connectivity index (χ4n) is 7.38. The lowest BCUT2D eigenvalue weighted by Gasteiger charge is -2.34. The lowest BCUT2D eigenvalue weighted by Crippen LogP contribution is -2.48. The summed E-state index contributed by atoms with van der Waals surface area (Å²) in [6.45, 7) is 3.79. The Morgan fingerprint density at radius 1 is 0.523 bits per heavy atom. The summed E-state index contributed by atoms with van der Waals surface area (Å²) in [7, 11) is 0.188. The molecule has 0 spiro atoms. The van der Waals surface area contributed by atoms with Crippen LogP contribution in [0.5, 0.6) is 28.7 Å². The molecule has 2 saturated heterocycles. The molecule has 2 aliphatic heterocycles. The van der Waals surface area contributed by atoms with Crippen LogP contribution < -0.4 is 33.5 Å². The molecule has 0 saturated carbocycles. The van der Waals surface area contributed by atoms with Gasteiger partial charge in [-0.05, 0) is 59.7 Å². The summed E-state index contributed by atoms with van der Waals surface area (Å²) >= 11 is 6.68. The second kappa shape index (κ2) is 21.6. The quantitative estimate of drug-likeness (QED) is 0.101. The van der Waals surface area contributed by atoms with E-state index in [-0.39, 0.29) is 9.79 Å². The van der Waals surface area contributed by atoms with Gasteiger partial charge in [0.15, 0.2) is 10.3 Å². The number of nitrogens with zero attached hydrogens (tertiary/aromatic N) is 6. The number of rotatable bonds is 15. The molecular formula is C45H51BrN6O9S4. The summed E-state index contributed by atoms with van der Waals surface area (Å²) in [4.78, 5) is 14.1. The second-order valence-electron chi connectivity index (χ2n) is 14.9. The van der Waals surface area contributed by atoms with Crippen molar-refractivity contribution in [1.82, 2.24) is 18.6 Å². The predicted molar refractivity (Wildman–Crippen MR) is 258 cm³/mol. The van der Waals surface area contributed by atoms with Gasteiger partial charge in [-0.15, -0.1) is 22.7 Å². The third kappa shape index (κ3) is 11.5. The van der Waals surface area contributed by atoms with Crippen LogP contribution in [0.3, 0.4) is 0 Å². The zero-order valence-corrected chi connectivity index (χ0v) is 41.5. The molecule has 2 aliphatic rings. The average Bonchev–Trinajstić information content (AvgIpc) is 4.01. The third-order valence-corrected chi connectivity index (χ3v) is 17.1. The number of ether oxygens (including phenoxy) is 5. The molecule has 6 aromatic rings. The molecular weight excluding hydrogens is 977 g/mol. The number of methoxy groups -OCH3 is 5. The summed E-state index contributed by atoms with van der Waals surface area (Å²) in [5.74, 6) is 2.39. The minimum atomic E-state index is -3.71. The van der Waals surface area contributed by atoms with Gasteiger partial charge in [0.2, 0.25) is 20.0 Å². The van der Waals surface area contributed by atoms with Gasteiger partial charge < -0.3 is 33.5 Å². The van der Waals surface area contributed by atoms with Crippen LogP contribution in [0.15, 0.2) is 110 Å². The normalized spacial score (nSPS) is 14.9. The van der Waals surface area contributed by atoms with Gasteiger partial charge in [0.25, 0.3) is 0 Å². The fourth-order valence-corrected chi connectivity index (χ4v) is 12.8. The van der Waals surface area contributed by atoms with Crippen molar-refractivity contribution in [1.29, 1.82) is 0 Å². The first-order valence-electron chi connectivity index (χ1n) is 20.6. The van der Waals surface area contributed by atoms with E-state index < -0.39 is 20.0 Å². The first-order chi connectivity index (χ1) is 31.3. The molecule has 15 nitrogen and oxygen atoms in total. The van der Waals surface area contributed by atoms with E-state index in [4.69, 9.17) is 33.7 Å². The zero-order chi connectivity index (χ0) is 46.1. The Morgan fingerprint density at radius 3 is 1.35 bits per heavy atom. The first-order valence-corrected chi connectivity index (χ1v) is 26.0. The summed E-state index contributed by atoms with van der Waals surface area (Å²) in [5.41, 5.74) is 4.33. The Bertz CT molecular complexity index is 2770. The molecule has 2 fully saturated rings. The zero-order valence-electron chi connectivity index (χ0n) is 36.7. The Labute approximate surface area is 397 Å². The molecule has 0 radical (unpaired) electrons. The van der Waals surface area contributed by atoms with Crippen molar-refractivity contribution in [2.24, 2.45) is 0 Å². The molecule has 0 aliphatic carbocycles. The molecule has 4 aromatic carbocycles. The van der Waals surface area contributed by atoms with Crippen molar-refractivity contribution in [3.8, 4) is 28.7 Å². The maximum atomic E-state index is 13.3. The molecule has 0 bridgehead atoms. The fraction of sp³-hybridized carbons (Fsp3) is 0.333. The van der Waals surface area contributed by atoms with Gasteiger partial charge in [-0.3, -0.25) is 0 Å². The number of hydrogen-bond acceptors (Lipinski definition) is 15. The molecule has 8 rings (SSSR count). The molecule has 0 unspecified atom stereocenters. The Balaban J connectivity index is 0.000000194. The molecule has 0 N–H and O–H groups in total. The van der Waals surface area contributed by atoms with Crippen LogP contribution in [0.4, 0.5) is 10.3 Å². The molecule has 346 valence electrons. The summed E-state index contributed by atoms with van der Waals surface area (Å²) < 4.78 is 83.4. The highest BCUT2D eigenvalue weighted by Gasteiger charge is 2.33. The molecule has 20 heteroatoms. The van der Waals surface area contributed by atoms with Crippen LogP contribution in [0.2, 0.25) is 0 Å². The third-order valence-electron chi connectivity index (χ3n) is 10.9. The van der Waals surface area contributed by atoms with Crippen molar-refractivity contribution in [2.75, 3.05) is 97.7 Å². The van der Waals surface area contributed by atoms with E-state index in [1.165, 1.54) is 54.7 Å². The second-order valence-corrected chi connectivity index (χ2v) is 21.3. The Morgan fingerprint density at radius 2 is 0.938 bits per heavy atom. The van der Waals surface area contributed by atoms with Crippen LogP contribution in [-0.4, -0.2) is 123 Å². The van der Waals surface area contributed by atoms with Crippen LogP contribution in [0.25, 0.3) is 0 Å². The van der Waals surface area contributed by atoms with Crippen LogP contribution >= 0.6 is 38.6 Å². The minimum absolute atomic E-state index is 0.118. The van der Waals surface area contributed by atoms with E-state index in [2.05, 4.69) is 54.7 Å². The number of piperazine rings is 2. The maximum Gasteiger partial charge on any atom is 0.247 e. The van der Waals surface area contributed by atoms with E-state index in [0.717, 1.165) is 50.3 Å². The van der Waals surface area contributed by atoms with E-state index in [1.807, 2.05) is 30.3 Å². The average molecular weight is 1030 g/mol. The van der Waals surface area contributed by atoms with E-state index in [0.29, 0.717) is 75.4 Å². The van der Waals surface area contributed by atoms with Crippen LogP contribution in [0.1, 0.15) is 22.5 Å². The lowest BCUT2D eigenvalue weighted by atomic mass is 10.1. The van der Waals surface area contributed by atoms with Crippen molar-refractivity contribution in [3.63, 3.8) is 0 Å². The van der Waals surface area contributed by atoms with Gasteiger partial charge in [0.05, 0.1) is 46.9 Å². The van der Waals surface area contributed by atoms with E-state index >= 15 is 0 Å². The number of hydrogen-bond donors (Lipinski definition) is 0. The number of sulfonamides is 2. The number of aromatic nitrogens is 2. The van der Waals surface area contributed by atoms with Gasteiger partial charge in [-0.2, -0.15) is 8.61 Å². The summed E-state index contributed by atoms with van der Waals surface area (Å²) in [5, 5.41) is 5.95. The molecule has 0 amide bonds. The highest BCUT2D eigenvalue weighted by molar-refractivity contribution is 9.10. The largest absolute Gasteiger partial charge is 0.497 e. The molecule has 0 atom stereocenters. The Hall–Kier alpha value is -4.96. The van der Waals surface area contributed by atoms with Crippen molar-refractivity contribution >= 4 is 68.9 Å². The van der Waals surface area contributed by atoms with Crippen molar-refractivity contribution in [3.05, 3.63) is 123 Å². The first kappa shape index (κ1) is 48.0. The van der Waals surface area contributed by atoms with Gasteiger partial charge in [-0.25, -0.2) is 26.8 Å². The van der Waals surface area contributed by atoms with E-state index in [9.17, 15) is 16.8 Å². The smallest absolute Gasteiger partial charge is 0.247 e. The standard InChI is InChI=1S/C23H27N3O5S2.C22H24BrN3O4S2/c1-29-19-6-4-5-17(14-19)13-18-16-32-23(24-18)25-9-11-26(12-10-25)33(27,28)22-15-20(30-2)7-8-21(22)31-3;1-29-19-6-7-20(30-2)21(14-19)32(27,28)26-10-8-25(9-11-26)22-24-18(15-31-22)13-16-4-3-5-17(23)12-16/h4-8,14-16H,9-13H2,1-3H3;3-7,12,14-15H,8-11,13H2,1-2H3. The van der Waals surface area contributed by atoms with Gasteiger partial charge in [0, 0.05) is 92.6 Å². The van der Waals surface area contributed by atoms with Crippen LogP contribution in [-0.2, 0) is 32.9 Å². The molecule has 2 aromatic heterocycles. The number of benzene rings is 4. The van der Waals surface area contributed by atoms with E-state index in [1.54, 1.807) is 54.0 Å². The maximum absolute atomic E-state index is 13.3. The molecule has 65 heavy (non-hydrogen) atoms. The summed E-state index contributed by atoms with van der Waals surface area (Å²) in [6, 6.07) is 25.8. The molecule has 4 heterocycles. The lowest BCUT2D eigenvalue weighted by molar-refractivity contribution is 0.370. The minimum Gasteiger partial charge on any atom is -0.497 e. The van der Waals surface area contributed by atoms with Gasteiger partial charge >= 0.3 is 0 Å².